The predicted molar refractivity (Wildman–Crippen MR) is 60.1 cm³/mol. The maximum Gasteiger partial charge on any atom is 0.188 e. The minimum Gasteiger partial charge on any atom is -0.409 e. The lowest BCUT2D eigenvalue weighted by molar-refractivity contribution is 0.318. The van der Waals surface area contributed by atoms with Gasteiger partial charge in [-0.2, -0.15) is 0 Å². The van der Waals surface area contributed by atoms with E-state index in [1.807, 2.05) is 0 Å². The monoisotopic (exact) mass is 226 g/mol. The van der Waals surface area contributed by atoms with Crippen LogP contribution < -0.4 is 5.73 Å². The molecule has 0 fully saturated rings. The average Bonchev–Trinajstić information content (AvgIpc) is 2.25. The topological polar surface area (TPSA) is 84.4 Å². The molecule has 1 aromatic heterocycles. The van der Waals surface area contributed by atoms with Gasteiger partial charge in [-0.25, -0.2) is 9.97 Å². The summed E-state index contributed by atoms with van der Waals surface area (Å²) in [4.78, 5) is 8.24. The number of aromatic nitrogens is 2. The molecular formula is C9H14N4OS. The molecule has 0 amide bonds. The first-order valence-electron chi connectivity index (χ1n) is 4.57. The molecule has 0 saturated carbocycles. The molecule has 0 saturated heterocycles. The number of hydrogen-bond donors (Lipinski definition) is 2. The fourth-order valence-electron chi connectivity index (χ4n) is 0.845. The summed E-state index contributed by atoms with van der Waals surface area (Å²) in [5.41, 5.74) is 5.86. The van der Waals surface area contributed by atoms with Crippen LogP contribution >= 0.6 is 11.8 Å². The molecule has 5 nitrogen and oxygen atoms in total. The number of hydrogen-bond acceptors (Lipinski definition) is 5. The molecule has 0 spiro atoms. The van der Waals surface area contributed by atoms with Gasteiger partial charge in [0, 0.05) is 11.9 Å². The molecule has 0 aliphatic carbocycles. The number of amidine groups is 1. The summed E-state index contributed by atoms with van der Waals surface area (Å²) >= 11 is 1.56. The van der Waals surface area contributed by atoms with Gasteiger partial charge in [0.15, 0.2) is 11.0 Å². The van der Waals surface area contributed by atoms with Crippen LogP contribution in [0.3, 0.4) is 0 Å². The van der Waals surface area contributed by atoms with Crippen molar-refractivity contribution in [1.82, 2.24) is 9.97 Å². The van der Waals surface area contributed by atoms with E-state index in [-0.39, 0.29) is 5.84 Å². The molecule has 3 N–H and O–H groups in total. The Bertz CT molecular complexity index is 354. The number of nitrogens with two attached hydrogens (primary N) is 1. The fourth-order valence-corrected chi connectivity index (χ4v) is 1.63. The van der Waals surface area contributed by atoms with Crippen molar-refractivity contribution in [3.8, 4) is 0 Å². The van der Waals surface area contributed by atoms with Crippen molar-refractivity contribution >= 4 is 17.6 Å². The lowest BCUT2D eigenvalue weighted by Crippen LogP contribution is -2.15. The van der Waals surface area contributed by atoms with Crippen LogP contribution in [0, 0.1) is 5.92 Å². The zero-order valence-corrected chi connectivity index (χ0v) is 9.53. The molecule has 0 atom stereocenters. The lowest BCUT2D eigenvalue weighted by Gasteiger charge is -2.03. The van der Waals surface area contributed by atoms with Crippen LogP contribution in [-0.2, 0) is 0 Å². The number of oxime groups is 1. The second-order valence-corrected chi connectivity index (χ2v) is 4.40. The summed E-state index contributed by atoms with van der Waals surface area (Å²) < 4.78 is 0. The van der Waals surface area contributed by atoms with Crippen LogP contribution in [0.5, 0.6) is 0 Å². The highest BCUT2D eigenvalue weighted by atomic mass is 32.2. The van der Waals surface area contributed by atoms with Crippen molar-refractivity contribution in [2.75, 3.05) is 5.75 Å². The van der Waals surface area contributed by atoms with E-state index in [9.17, 15) is 0 Å². The third kappa shape index (κ3) is 3.75. The molecule has 0 aliphatic heterocycles. The third-order valence-electron chi connectivity index (χ3n) is 1.55. The van der Waals surface area contributed by atoms with E-state index >= 15 is 0 Å². The Morgan fingerprint density at radius 3 is 3.00 bits per heavy atom. The first kappa shape index (κ1) is 11.8. The van der Waals surface area contributed by atoms with Gasteiger partial charge >= 0.3 is 0 Å². The molecule has 0 unspecified atom stereocenters. The van der Waals surface area contributed by atoms with E-state index in [0.29, 0.717) is 16.8 Å². The number of thioether (sulfide) groups is 1. The minimum absolute atomic E-state index is 0.00352. The van der Waals surface area contributed by atoms with Gasteiger partial charge in [-0.3, -0.25) is 0 Å². The van der Waals surface area contributed by atoms with Gasteiger partial charge in [-0.05, 0) is 12.0 Å². The molecule has 15 heavy (non-hydrogen) atoms. The van der Waals surface area contributed by atoms with E-state index in [4.69, 9.17) is 10.9 Å². The molecule has 1 heterocycles. The van der Waals surface area contributed by atoms with Crippen molar-refractivity contribution in [3.05, 3.63) is 18.0 Å². The highest BCUT2D eigenvalue weighted by Crippen LogP contribution is 2.15. The summed E-state index contributed by atoms with van der Waals surface area (Å²) in [6.07, 6.45) is 1.60. The molecular weight excluding hydrogens is 212 g/mol. The molecule has 82 valence electrons. The second kappa shape index (κ2) is 5.55. The van der Waals surface area contributed by atoms with E-state index in [2.05, 4.69) is 29.0 Å². The molecule has 0 aromatic carbocycles. The molecule has 6 heteroatoms. The Morgan fingerprint density at radius 2 is 2.40 bits per heavy atom. The SMILES string of the molecule is CC(C)CSc1nccc(/C(N)=N/O)n1. The zero-order valence-electron chi connectivity index (χ0n) is 8.71. The van der Waals surface area contributed by atoms with Crippen LogP contribution in [0.15, 0.2) is 22.6 Å². The maximum absolute atomic E-state index is 8.49. The van der Waals surface area contributed by atoms with Crippen molar-refractivity contribution < 1.29 is 5.21 Å². The standard InChI is InChI=1S/C9H14N4OS/c1-6(2)5-15-9-11-4-3-7(12-9)8(10)13-14/h3-4,6,14H,5H2,1-2H3,(H2,10,13). The Balaban J connectivity index is 2.74. The van der Waals surface area contributed by atoms with Crippen molar-refractivity contribution in [3.63, 3.8) is 0 Å². The molecule has 0 aliphatic rings. The van der Waals surface area contributed by atoms with Crippen LogP contribution in [0.4, 0.5) is 0 Å². The quantitative estimate of drug-likeness (QED) is 0.202. The normalized spacial score (nSPS) is 12.1. The maximum atomic E-state index is 8.49. The molecule has 0 bridgehead atoms. The van der Waals surface area contributed by atoms with Crippen LogP contribution in [-0.4, -0.2) is 26.8 Å². The van der Waals surface area contributed by atoms with Crippen molar-refractivity contribution in [2.45, 2.75) is 19.0 Å². The van der Waals surface area contributed by atoms with Crippen LogP contribution in [0.2, 0.25) is 0 Å². The summed E-state index contributed by atoms with van der Waals surface area (Å²) in [5.74, 6) is 1.52. The highest BCUT2D eigenvalue weighted by molar-refractivity contribution is 7.99. The van der Waals surface area contributed by atoms with Gasteiger partial charge in [0.2, 0.25) is 0 Å². The van der Waals surface area contributed by atoms with Gasteiger partial charge in [0.05, 0.1) is 0 Å². The Hall–Kier alpha value is -1.30. The summed E-state index contributed by atoms with van der Waals surface area (Å²) in [5, 5.41) is 12.0. The van der Waals surface area contributed by atoms with Crippen LogP contribution in [0.25, 0.3) is 0 Å². The highest BCUT2D eigenvalue weighted by Gasteiger charge is 2.04. The summed E-state index contributed by atoms with van der Waals surface area (Å²) in [7, 11) is 0. The van der Waals surface area contributed by atoms with E-state index in [1.165, 1.54) is 0 Å². The summed E-state index contributed by atoms with van der Waals surface area (Å²) in [6.45, 7) is 4.25. The fraction of sp³-hybridized carbons (Fsp3) is 0.444. The van der Waals surface area contributed by atoms with Crippen molar-refractivity contribution in [1.29, 1.82) is 0 Å². The lowest BCUT2D eigenvalue weighted by atomic mass is 10.3. The van der Waals surface area contributed by atoms with Gasteiger partial charge < -0.3 is 10.9 Å². The molecule has 1 rings (SSSR count). The Labute approximate surface area is 92.8 Å². The van der Waals surface area contributed by atoms with Gasteiger partial charge in [0.25, 0.3) is 0 Å². The largest absolute Gasteiger partial charge is 0.409 e. The zero-order chi connectivity index (χ0) is 11.3. The predicted octanol–water partition coefficient (Wildman–Crippen LogP) is 1.32. The number of nitrogens with zero attached hydrogens (tertiary/aromatic N) is 3. The molecule has 1 aromatic rings. The van der Waals surface area contributed by atoms with Crippen LogP contribution in [0.1, 0.15) is 19.5 Å². The Morgan fingerprint density at radius 1 is 1.67 bits per heavy atom. The molecule has 0 radical (unpaired) electrons. The van der Waals surface area contributed by atoms with Gasteiger partial charge in [0.1, 0.15) is 5.69 Å². The smallest absolute Gasteiger partial charge is 0.188 e. The third-order valence-corrected chi connectivity index (χ3v) is 2.84. The summed E-state index contributed by atoms with van der Waals surface area (Å²) in [6, 6.07) is 1.61. The first-order valence-corrected chi connectivity index (χ1v) is 5.55. The van der Waals surface area contributed by atoms with Crippen molar-refractivity contribution in [2.24, 2.45) is 16.8 Å². The average molecular weight is 226 g/mol. The Kier molecular flexibility index (Phi) is 4.36. The second-order valence-electron chi connectivity index (χ2n) is 3.41. The van der Waals surface area contributed by atoms with E-state index in [1.54, 1.807) is 24.0 Å². The first-order chi connectivity index (χ1) is 7.13. The van der Waals surface area contributed by atoms with E-state index < -0.39 is 0 Å². The van der Waals surface area contributed by atoms with E-state index in [0.717, 1.165) is 5.75 Å². The van der Waals surface area contributed by atoms with Gasteiger partial charge in [-0.1, -0.05) is 30.8 Å². The number of rotatable bonds is 4. The minimum atomic E-state index is 0.00352. The van der Waals surface area contributed by atoms with Gasteiger partial charge in [-0.15, -0.1) is 0 Å².